The standard InChI is InChI=1S/C20H27F3N6O4/c1-13-24-18(26-16-7-6-14(27(2)3)12-15(16)20(21,22)23)17(29(30)31)19(25-13)28(8-10-32-4)9-11-33-5/h6-7,12H,8-11H2,1-5H3,(H,24,25,26). The predicted octanol–water partition coefficient (Wildman–Crippen LogP) is 3.62. The van der Waals surface area contributed by atoms with E-state index in [1.54, 1.807) is 19.0 Å². The van der Waals surface area contributed by atoms with Crippen LogP contribution in [0.4, 0.5) is 41.9 Å². The van der Waals surface area contributed by atoms with Gasteiger partial charge in [-0.2, -0.15) is 13.2 Å². The summed E-state index contributed by atoms with van der Waals surface area (Å²) in [5.41, 5.74) is -1.55. The van der Waals surface area contributed by atoms with Crippen LogP contribution in [0.1, 0.15) is 11.4 Å². The third-order valence-electron chi connectivity index (χ3n) is 4.67. The first-order valence-corrected chi connectivity index (χ1v) is 9.91. The average Bonchev–Trinajstić information content (AvgIpc) is 2.72. The average molecular weight is 472 g/mol. The van der Waals surface area contributed by atoms with E-state index in [0.717, 1.165) is 6.07 Å². The maximum Gasteiger partial charge on any atom is 0.418 e. The van der Waals surface area contributed by atoms with E-state index in [1.165, 1.54) is 38.2 Å². The van der Waals surface area contributed by atoms with Crippen LogP contribution in [-0.4, -0.2) is 69.5 Å². The number of benzene rings is 1. The molecule has 1 aromatic carbocycles. The van der Waals surface area contributed by atoms with Crippen LogP contribution >= 0.6 is 0 Å². The monoisotopic (exact) mass is 472 g/mol. The topological polar surface area (TPSA) is 106 Å². The van der Waals surface area contributed by atoms with Gasteiger partial charge in [0.25, 0.3) is 0 Å². The van der Waals surface area contributed by atoms with Gasteiger partial charge in [0.05, 0.1) is 29.4 Å². The number of aromatic nitrogens is 2. The van der Waals surface area contributed by atoms with Crippen LogP contribution in [0.5, 0.6) is 0 Å². The lowest BCUT2D eigenvalue weighted by atomic mass is 10.1. The molecule has 33 heavy (non-hydrogen) atoms. The van der Waals surface area contributed by atoms with E-state index in [0.29, 0.717) is 5.69 Å². The van der Waals surface area contributed by atoms with E-state index < -0.39 is 22.4 Å². The number of aryl methyl sites for hydroxylation is 1. The molecule has 1 heterocycles. The highest BCUT2D eigenvalue weighted by Gasteiger charge is 2.35. The van der Waals surface area contributed by atoms with E-state index in [4.69, 9.17) is 9.47 Å². The highest BCUT2D eigenvalue weighted by atomic mass is 19.4. The zero-order valence-corrected chi connectivity index (χ0v) is 19.1. The van der Waals surface area contributed by atoms with Crippen molar-refractivity contribution in [1.82, 2.24) is 9.97 Å². The first-order chi connectivity index (χ1) is 15.5. The maximum atomic E-state index is 13.8. The number of alkyl halides is 3. The molecule has 0 aliphatic carbocycles. The first kappa shape index (κ1) is 26.1. The minimum absolute atomic E-state index is 0.0393. The third-order valence-corrected chi connectivity index (χ3v) is 4.67. The molecule has 0 saturated heterocycles. The molecule has 13 heteroatoms. The fraction of sp³-hybridized carbons (Fsp3) is 0.500. The molecule has 0 fully saturated rings. The second kappa shape index (κ2) is 11.1. The smallest absolute Gasteiger partial charge is 0.383 e. The number of anilines is 4. The van der Waals surface area contributed by atoms with E-state index >= 15 is 0 Å². The van der Waals surface area contributed by atoms with Crippen LogP contribution in [-0.2, 0) is 15.7 Å². The number of nitrogens with one attached hydrogen (secondary N) is 1. The minimum Gasteiger partial charge on any atom is -0.383 e. The van der Waals surface area contributed by atoms with Crippen LogP contribution < -0.4 is 15.1 Å². The molecule has 2 rings (SSSR count). The summed E-state index contributed by atoms with van der Waals surface area (Å²) in [7, 11) is 6.19. The van der Waals surface area contributed by atoms with Gasteiger partial charge in [-0.25, -0.2) is 9.97 Å². The van der Waals surface area contributed by atoms with Crippen molar-refractivity contribution in [3.8, 4) is 0 Å². The number of rotatable bonds is 11. The van der Waals surface area contributed by atoms with Crippen LogP contribution in [0, 0.1) is 17.0 Å². The van der Waals surface area contributed by atoms with Crippen molar-refractivity contribution in [2.45, 2.75) is 13.1 Å². The minimum atomic E-state index is -4.70. The molecule has 0 saturated carbocycles. The molecule has 0 bridgehead atoms. The molecule has 0 amide bonds. The molecule has 1 aromatic heterocycles. The number of hydrogen-bond donors (Lipinski definition) is 1. The summed E-state index contributed by atoms with van der Waals surface area (Å²) in [6, 6.07) is 3.65. The number of nitrogens with zero attached hydrogens (tertiary/aromatic N) is 5. The number of hydrogen-bond acceptors (Lipinski definition) is 9. The number of ether oxygens (including phenoxy) is 2. The summed E-state index contributed by atoms with van der Waals surface area (Å²) in [5.74, 6) is -0.232. The maximum absolute atomic E-state index is 13.8. The molecule has 0 atom stereocenters. The zero-order chi connectivity index (χ0) is 24.8. The Morgan fingerprint density at radius 3 is 2.21 bits per heavy atom. The van der Waals surface area contributed by atoms with Gasteiger partial charge < -0.3 is 24.6 Å². The molecule has 0 aliphatic rings. The Balaban J connectivity index is 2.63. The van der Waals surface area contributed by atoms with Gasteiger partial charge in [0.15, 0.2) is 0 Å². The van der Waals surface area contributed by atoms with Gasteiger partial charge >= 0.3 is 11.9 Å². The highest BCUT2D eigenvalue weighted by Crippen LogP contribution is 2.40. The Morgan fingerprint density at radius 1 is 1.12 bits per heavy atom. The molecule has 10 nitrogen and oxygen atoms in total. The second-order valence-electron chi connectivity index (χ2n) is 7.27. The Kier molecular flexibility index (Phi) is 8.76. The molecule has 182 valence electrons. The quantitative estimate of drug-likeness (QED) is 0.388. The summed E-state index contributed by atoms with van der Waals surface area (Å²) < 4.78 is 51.4. The summed E-state index contributed by atoms with van der Waals surface area (Å²) >= 11 is 0. The number of nitro groups is 1. The van der Waals surface area contributed by atoms with Crippen molar-refractivity contribution in [3.05, 3.63) is 39.7 Å². The summed E-state index contributed by atoms with van der Waals surface area (Å²) in [6.07, 6.45) is -4.70. The molecule has 0 spiro atoms. The summed E-state index contributed by atoms with van der Waals surface area (Å²) in [6.45, 7) is 2.50. The fourth-order valence-electron chi connectivity index (χ4n) is 3.04. The van der Waals surface area contributed by atoms with Gasteiger partial charge in [-0.3, -0.25) is 10.1 Å². The van der Waals surface area contributed by atoms with Crippen LogP contribution in [0.2, 0.25) is 0 Å². The normalized spacial score (nSPS) is 11.4. The molecular weight excluding hydrogens is 445 g/mol. The van der Waals surface area contributed by atoms with E-state index in [9.17, 15) is 23.3 Å². The lowest BCUT2D eigenvalue weighted by molar-refractivity contribution is -0.383. The van der Waals surface area contributed by atoms with Gasteiger partial charge in [0, 0.05) is 47.1 Å². The molecule has 0 aliphatic heterocycles. The van der Waals surface area contributed by atoms with E-state index in [2.05, 4.69) is 15.3 Å². The van der Waals surface area contributed by atoms with Crippen LogP contribution in [0.3, 0.4) is 0 Å². The fourth-order valence-corrected chi connectivity index (χ4v) is 3.04. The van der Waals surface area contributed by atoms with Crippen molar-refractivity contribution in [2.75, 3.05) is 69.7 Å². The molecule has 0 unspecified atom stereocenters. The molecule has 1 N–H and O–H groups in total. The second-order valence-corrected chi connectivity index (χ2v) is 7.27. The van der Waals surface area contributed by atoms with Gasteiger partial charge in [-0.1, -0.05) is 0 Å². The van der Waals surface area contributed by atoms with Crippen LogP contribution in [0.15, 0.2) is 18.2 Å². The Morgan fingerprint density at radius 2 is 1.73 bits per heavy atom. The van der Waals surface area contributed by atoms with Crippen molar-refractivity contribution < 1.29 is 27.6 Å². The van der Waals surface area contributed by atoms with Gasteiger partial charge in [0.2, 0.25) is 11.6 Å². The Labute approximate surface area is 189 Å². The molecule has 0 radical (unpaired) electrons. The lowest BCUT2D eigenvalue weighted by Gasteiger charge is -2.24. The van der Waals surface area contributed by atoms with Crippen LogP contribution in [0.25, 0.3) is 0 Å². The van der Waals surface area contributed by atoms with Crippen molar-refractivity contribution in [2.24, 2.45) is 0 Å². The van der Waals surface area contributed by atoms with Gasteiger partial charge in [-0.15, -0.1) is 0 Å². The van der Waals surface area contributed by atoms with Crippen molar-refractivity contribution in [3.63, 3.8) is 0 Å². The number of halogens is 3. The molecular formula is C20H27F3N6O4. The first-order valence-electron chi connectivity index (χ1n) is 9.91. The van der Waals surface area contributed by atoms with E-state index in [-0.39, 0.29) is 49.5 Å². The highest BCUT2D eigenvalue weighted by molar-refractivity contribution is 5.77. The zero-order valence-electron chi connectivity index (χ0n) is 19.1. The van der Waals surface area contributed by atoms with Gasteiger partial charge in [-0.05, 0) is 25.1 Å². The van der Waals surface area contributed by atoms with E-state index in [1.807, 2.05) is 0 Å². The Bertz CT molecular complexity index is 964. The predicted molar refractivity (Wildman–Crippen MR) is 118 cm³/mol. The number of methoxy groups -OCH3 is 2. The summed E-state index contributed by atoms with van der Waals surface area (Å²) in [5, 5.41) is 14.5. The summed E-state index contributed by atoms with van der Waals surface area (Å²) in [4.78, 5) is 22.6. The van der Waals surface area contributed by atoms with Crippen molar-refractivity contribution in [1.29, 1.82) is 0 Å². The SMILES string of the molecule is COCCN(CCOC)c1nc(C)nc(Nc2ccc(N(C)C)cc2C(F)(F)F)c1[N+](=O)[O-]. The van der Waals surface area contributed by atoms with Gasteiger partial charge in [0.1, 0.15) is 5.82 Å². The largest absolute Gasteiger partial charge is 0.418 e. The lowest BCUT2D eigenvalue weighted by Crippen LogP contribution is -2.32. The third kappa shape index (κ3) is 6.65. The van der Waals surface area contributed by atoms with Crippen molar-refractivity contribution >= 4 is 28.7 Å². The molecule has 2 aromatic rings. The Hall–Kier alpha value is -3.19.